The minimum Gasteiger partial charge on any atom is -0.436 e. The maximum atomic E-state index is 11.2. The van der Waals surface area contributed by atoms with Crippen LogP contribution in [0.5, 0.6) is 0 Å². The summed E-state index contributed by atoms with van der Waals surface area (Å²) in [5, 5.41) is 9.36. The van der Waals surface area contributed by atoms with E-state index in [4.69, 9.17) is 4.74 Å². The molecule has 0 saturated heterocycles. The normalized spacial score (nSPS) is 12.9. The van der Waals surface area contributed by atoms with Crippen molar-refractivity contribution in [2.45, 2.75) is 45.3 Å². The Kier molecular flexibility index (Phi) is 8.33. The molecule has 0 spiro atoms. The molecule has 0 amide bonds. The van der Waals surface area contributed by atoms with E-state index >= 15 is 0 Å². The summed E-state index contributed by atoms with van der Waals surface area (Å²) in [6.45, 7) is 2.79. The highest BCUT2D eigenvalue weighted by atomic mass is 16.6. The summed E-state index contributed by atoms with van der Waals surface area (Å²) in [7, 11) is 3.82. The quantitative estimate of drug-likeness (QED) is 0.379. The van der Waals surface area contributed by atoms with E-state index in [0.29, 0.717) is 19.4 Å². The number of nitrogens with zero attached hydrogens (tertiary/aromatic N) is 1. The summed E-state index contributed by atoms with van der Waals surface area (Å²) in [4.78, 5) is 13.1. The molecule has 0 rings (SSSR count). The van der Waals surface area contributed by atoms with Crippen molar-refractivity contribution >= 4 is 5.97 Å². The van der Waals surface area contributed by atoms with Crippen LogP contribution in [0.2, 0.25) is 0 Å². The molecule has 0 aliphatic carbocycles. The smallest absolute Gasteiger partial charge is 0.308 e. The van der Waals surface area contributed by atoms with Crippen molar-refractivity contribution in [3.8, 4) is 0 Å². The second-order valence-corrected chi connectivity index (χ2v) is 3.99. The first-order valence-corrected chi connectivity index (χ1v) is 5.58. The highest BCUT2D eigenvalue weighted by Crippen LogP contribution is 2.03. The maximum Gasteiger partial charge on any atom is 0.308 e. The zero-order chi connectivity index (χ0) is 11.7. The zero-order valence-corrected chi connectivity index (χ0v) is 10.0. The number of rotatable bonds is 8. The molecule has 0 bridgehead atoms. The van der Waals surface area contributed by atoms with E-state index in [2.05, 4.69) is 6.92 Å². The van der Waals surface area contributed by atoms with Gasteiger partial charge in [-0.2, -0.15) is 0 Å². The monoisotopic (exact) mass is 217 g/mol. The van der Waals surface area contributed by atoms with Crippen LogP contribution in [0.1, 0.15) is 39.0 Å². The van der Waals surface area contributed by atoms with Gasteiger partial charge in [0.15, 0.2) is 0 Å². The lowest BCUT2D eigenvalue weighted by atomic mass is 10.2. The third kappa shape index (κ3) is 9.69. The molecule has 15 heavy (non-hydrogen) atoms. The van der Waals surface area contributed by atoms with Crippen LogP contribution in [-0.2, 0) is 9.53 Å². The van der Waals surface area contributed by atoms with E-state index in [9.17, 15) is 9.90 Å². The van der Waals surface area contributed by atoms with Crippen molar-refractivity contribution in [3.63, 3.8) is 0 Å². The average molecular weight is 217 g/mol. The molecule has 1 N–H and O–H groups in total. The fourth-order valence-electron chi connectivity index (χ4n) is 1.16. The van der Waals surface area contributed by atoms with Gasteiger partial charge in [0.25, 0.3) is 0 Å². The van der Waals surface area contributed by atoms with Gasteiger partial charge in [0.1, 0.15) is 0 Å². The fraction of sp³-hybridized carbons (Fsp3) is 0.909. The summed E-state index contributed by atoms with van der Waals surface area (Å²) in [5.41, 5.74) is 0. The number of carbonyl (C=O) groups excluding carboxylic acids is 1. The van der Waals surface area contributed by atoms with Crippen molar-refractivity contribution in [2.75, 3.05) is 20.6 Å². The largest absolute Gasteiger partial charge is 0.436 e. The van der Waals surface area contributed by atoms with E-state index in [1.54, 1.807) is 0 Å². The maximum absolute atomic E-state index is 11.2. The number of aliphatic hydroxyl groups is 1. The molecule has 0 aromatic heterocycles. The first kappa shape index (κ1) is 14.4. The van der Waals surface area contributed by atoms with Crippen LogP contribution in [0.4, 0.5) is 0 Å². The number of unbranched alkanes of at least 4 members (excludes halogenated alkanes) is 2. The molecular formula is C11H23NO3. The van der Waals surface area contributed by atoms with Gasteiger partial charge < -0.3 is 14.7 Å². The SMILES string of the molecule is CCCCCC(=O)OC(O)CCN(C)C. The van der Waals surface area contributed by atoms with Gasteiger partial charge in [-0.15, -0.1) is 0 Å². The topological polar surface area (TPSA) is 49.8 Å². The zero-order valence-electron chi connectivity index (χ0n) is 10.0. The highest BCUT2D eigenvalue weighted by molar-refractivity contribution is 5.69. The average Bonchev–Trinajstić information content (AvgIpc) is 2.15. The second kappa shape index (κ2) is 8.68. The van der Waals surface area contributed by atoms with Gasteiger partial charge >= 0.3 is 5.97 Å². The highest BCUT2D eigenvalue weighted by Gasteiger charge is 2.10. The summed E-state index contributed by atoms with van der Waals surface area (Å²) < 4.78 is 4.84. The molecule has 0 aliphatic rings. The van der Waals surface area contributed by atoms with Crippen LogP contribution < -0.4 is 0 Å². The Bertz CT molecular complexity index is 171. The molecule has 1 unspecified atom stereocenters. The summed E-state index contributed by atoms with van der Waals surface area (Å²) in [5.74, 6) is -0.297. The van der Waals surface area contributed by atoms with Crippen LogP contribution in [0.3, 0.4) is 0 Å². The lowest BCUT2D eigenvalue weighted by Crippen LogP contribution is -2.23. The molecule has 0 aromatic carbocycles. The van der Waals surface area contributed by atoms with Crippen molar-refractivity contribution in [2.24, 2.45) is 0 Å². The van der Waals surface area contributed by atoms with E-state index in [1.807, 2.05) is 19.0 Å². The van der Waals surface area contributed by atoms with Crippen molar-refractivity contribution < 1.29 is 14.6 Å². The molecule has 1 atom stereocenters. The predicted molar refractivity (Wildman–Crippen MR) is 59.4 cm³/mol. The second-order valence-electron chi connectivity index (χ2n) is 3.99. The Labute approximate surface area is 92.2 Å². The Morgan fingerprint density at radius 3 is 2.60 bits per heavy atom. The van der Waals surface area contributed by atoms with E-state index in [-0.39, 0.29) is 5.97 Å². The van der Waals surface area contributed by atoms with Gasteiger partial charge in [0.2, 0.25) is 6.29 Å². The Morgan fingerprint density at radius 1 is 1.40 bits per heavy atom. The Balaban J connectivity index is 3.49. The van der Waals surface area contributed by atoms with Crippen molar-refractivity contribution in [1.29, 1.82) is 0 Å². The lowest BCUT2D eigenvalue weighted by molar-refractivity contribution is -0.169. The third-order valence-electron chi connectivity index (χ3n) is 2.08. The molecule has 0 heterocycles. The lowest BCUT2D eigenvalue weighted by Gasteiger charge is -2.14. The summed E-state index contributed by atoms with van der Waals surface area (Å²) >= 11 is 0. The van der Waals surface area contributed by atoms with Gasteiger partial charge in [-0.05, 0) is 20.5 Å². The van der Waals surface area contributed by atoms with E-state index in [0.717, 1.165) is 19.3 Å². The van der Waals surface area contributed by atoms with Crippen molar-refractivity contribution in [3.05, 3.63) is 0 Å². The minimum absolute atomic E-state index is 0.297. The molecule has 0 saturated carbocycles. The number of esters is 1. The molecule has 4 nitrogen and oxygen atoms in total. The first-order valence-electron chi connectivity index (χ1n) is 5.58. The van der Waals surface area contributed by atoms with Crippen LogP contribution in [0.25, 0.3) is 0 Å². The number of ether oxygens (including phenoxy) is 1. The van der Waals surface area contributed by atoms with E-state index < -0.39 is 6.29 Å². The van der Waals surface area contributed by atoms with Crippen LogP contribution in [0.15, 0.2) is 0 Å². The van der Waals surface area contributed by atoms with Gasteiger partial charge in [-0.1, -0.05) is 19.8 Å². The Morgan fingerprint density at radius 2 is 2.07 bits per heavy atom. The van der Waals surface area contributed by atoms with Crippen LogP contribution in [-0.4, -0.2) is 42.9 Å². The van der Waals surface area contributed by atoms with Gasteiger partial charge in [0.05, 0.1) is 0 Å². The van der Waals surface area contributed by atoms with Crippen molar-refractivity contribution in [1.82, 2.24) is 4.90 Å². The number of hydrogen-bond acceptors (Lipinski definition) is 4. The van der Waals surface area contributed by atoms with E-state index in [1.165, 1.54) is 0 Å². The van der Waals surface area contributed by atoms with Gasteiger partial charge in [-0.3, -0.25) is 4.79 Å². The molecule has 0 aromatic rings. The Hall–Kier alpha value is -0.610. The molecular weight excluding hydrogens is 194 g/mol. The number of carbonyl (C=O) groups is 1. The number of aliphatic hydroxyl groups excluding tert-OH is 1. The first-order chi connectivity index (χ1) is 7.06. The van der Waals surface area contributed by atoms with Gasteiger partial charge in [-0.25, -0.2) is 0 Å². The standard InChI is InChI=1S/C11H23NO3/c1-4-5-6-7-10(13)15-11(14)8-9-12(2)3/h11,14H,4-9H2,1-3H3. The summed E-state index contributed by atoms with van der Waals surface area (Å²) in [6, 6.07) is 0. The molecule has 0 radical (unpaired) electrons. The molecule has 0 aliphatic heterocycles. The van der Waals surface area contributed by atoms with Gasteiger partial charge in [0, 0.05) is 19.4 Å². The molecule has 4 heteroatoms. The molecule has 90 valence electrons. The number of hydrogen-bond donors (Lipinski definition) is 1. The summed E-state index contributed by atoms with van der Waals surface area (Å²) in [6.07, 6.45) is 2.87. The third-order valence-corrected chi connectivity index (χ3v) is 2.08. The fourth-order valence-corrected chi connectivity index (χ4v) is 1.16. The predicted octanol–water partition coefficient (Wildman–Crippen LogP) is 1.38. The molecule has 0 fully saturated rings. The minimum atomic E-state index is -0.957. The van der Waals surface area contributed by atoms with Crippen LogP contribution in [0, 0.1) is 0 Å². The van der Waals surface area contributed by atoms with Crippen LogP contribution >= 0.6 is 0 Å².